The zero-order chi connectivity index (χ0) is 18.8. The summed E-state index contributed by atoms with van der Waals surface area (Å²) in [6.07, 6.45) is 4.83. The molecule has 2 heterocycles. The lowest BCUT2D eigenvalue weighted by Crippen LogP contribution is -3.17. The van der Waals surface area contributed by atoms with Gasteiger partial charge in [-0.25, -0.2) is 4.39 Å². The fourth-order valence-corrected chi connectivity index (χ4v) is 5.03. The van der Waals surface area contributed by atoms with E-state index >= 15 is 0 Å². The molecule has 5 heteroatoms. The summed E-state index contributed by atoms with van der Waals surface area (Å²) in [5.41, 5.74) is 3.49. The molecule has 0 aromatic heterocycles. The predicted octanol–water partition coefficient (Wildman–Crippen LogP) is 3.20. The predicted molar refractivity (Wildman–Crippen MR) is 111 cm³/mol. The van der Waals surface area contributed by atoms with Gasteiger partial charge in [-0.05, 0) is 49.0 Å². The van der Waals surface area contributed by atoms with Crippen LogP contribution in [0.2, 0.25) is 0 Å². The van der Waals surface area contributed by atoms with Crippen LogP contribution in [0.25, 0.3) is 0 Å². The first-order valence-corrected chi connectivity index (χ1v) is 10.2. The van der Waals surface area contributed by atoms with Crippen molar-refractivity contribution in [3.8, 4) is 0 Å². The van der Waals surface area contributed by atoms with Crippen molar-refractivity contribution in [1.82, 2.24) is 5.32 Å². The van der Waals surface area contributed by atoms with Crippen LogP contribution in [0, 0.1) is 12.7 Å². The Morgan fingerprint density at radius 1 is 1.11 bits per heavy atom. The standard InChI is InChI=1S/C22H26FN3S/c1-15-3-2-4-18(11-15)24-22(27)25-19-12-20-9-10-21(13-19)26(20)14-16-5-7-17(23)8-6-16/h2-8,11,19-21H,9-10,12-14H2,1H3,(H2,24,25,27)/p+1/t19?,20-,21+. The molecule has 142 valence electrons. The number of quaternary nitrogens is 1. The molecule has 2 bridgehead atoms. The molecule has 2 saturated heterocycles. The number of hydrogen-bond acceptors (Lipinski definition) is 1. The quantitative estimate of drug-likeness (QED) is 0.707. The summed E-state index contributed by atoms with van der Waals surface area (Å²) in [5.74, 6) is -0.158. The van der Waals surface area contributed by atoms with Crippen molar-refractivity contribution in [3.63, 3.8) is 0 Å². The Labute approximate surface area is 166 Å². The molecule has 4 atom stereocenters. The lowest BCUT2D eigenvalue weighted by Gasteiger charge is -2.36. The van der Waals surface area contributed by atoms with Gasteiger partial charge in [0.2, 0.25) is 0 Å². The van der Waals surface area contributed by atoms with E-state index in [9.17, 15) is 4.39 Å². The second-order valence-corrected chi connectivity index (χ2v) is 8.39. The molecule has 0 amide bonds. The molecule has 0 aliphatic carbocycles. The fraction of sp³-hybridized carbons (Fsp3) is 0.409. The Kier molecular flexibility index (Phi) is 5.41. The second kappa shape index (κ2) is 7.95. The van der Waals surface area contributed by atoms with Gasteiger partial charge in [-0.2, -0.15) is 0 Å². The van der Waals surface area contributed by atoms with Crippen LogP contribution in [0.1, 0.15) is 36.8 Å². The Bertz CT molecular complexity index is 793. The van der Waals surface area contributed by atoms with Crippen LogP contribution in [0.5, 0.6) is 0 Å². The minimum absolute atomic E-state index is 0.158. The Hall–Kier alpha value is -1.98. The Balaban J connectivity index is 1.33. The molecule has 3 nitrogen and oxygen atoms in total. The number of aryl methyl sites for hydroxylation is 1. The van der Waals surface area contributed by atoms with Crippen LogP contribution in [0.3, 0.4) is 0 Å². The van der Waals surface area contributed by atoms with E-state index in [4.69, 9.17) is 12.2 Å². The lowest BCUT2D eigenvalue weighted by molar-refractivity contribution is -0.954. The fourth-order valence-electron chi connectivity index (χ4n) is 4.75. The van der Waals surface area contributed by atoms with E-state index in [1.165, 1.54) is 24.0 Å². The maximum absolute atomic E-state index is 13.1. The zero-order valence-electron chi connectivity index (χ0n) is 15.7. The Morgan fingerprint density at radius 2 is 1.81 bits per heavy atom. The lowest BCUT2D eigenvalue weighted by atomic mass is 9.96. The highest BCUT2D eigenvalue weighted by Crippen LogP contribution is 2.24. The number of nitrogens with one attached hydrogen (secondary N) is 3. The van der Waals surface area contributed by atoms with E-state index in [0.717, 1.165) is 25.1 Å². The number of halogens is 1. The average Bonchev–Trinajstić information content (AvgIpc) is 2.86. The number of piperidine rings is 1. The summed E-state index contributed by atoms with van der Waals surface area (Å²) in [6, 6.07) is 17.0. The van der Waals surface area contributed by atoms with Gasteiger partial charge < -0.3 is 15.5 Å². The van der Waals surface area contributed by atoms with Crippen molar-refractivity contribution in [2.75, 3.05) is 5.32 Å². The van der Waals surface area contributed by atoms with Gasteiger partial charge >= 0.3 is 0 Å². The summed E-state index contributed by atoms with van der Waals surface area (Å²) in [7, 11) is 0. The molecule has 4 rings (SSSR count). The number of rotatable bonds is 4. The van der Waals surface area contributed by atoms with Gasteiger partial charge in [-0.3, -0.25) is 0 Å². The molecule has 2 aliphatic rings. The topological polar surface area (TPSA) is 28.5 Å². The van der Waals surface area contributed by atoms with Gasteiger partial charge in [-0.15, -0.1) is 0 Å². The van der Waals surface area contributed by atoms with E-state index in [1.807, 2.05) is 24.3 Å². The Morgan fingerprint density at radius 3 is 2.48 bits per heavy atom. The van der Waals surface area contributed by atoms with E-state index in [0.29, 0.717) is 23.2 Å². The molecule has 3 N–H and O–H groups in total. The van der Waals surface area contributed by atoms with Gasteiger partial charge in [0.25, 0.3) is 0 Å². The van der Waals surface area contributed by atoms with E-state index in [-0.39, 0.29) is 5.82 Å². The highest BCUT2D eigenvalue weighted by atomic mass is 32.1. The molecule has 0 saturated carbocycles. The SMILES string of the molecule is Cc1cccc(NC(=S)NC2C[C@H]3CC[C@@H](C2)[NH+]3Cc2ccc(F)cc2)c1. The summed E-state index contributed by atoms with van der Waals surface area (Å²) >= 11 is 5.54. The van der Waals surface area contributed by atoms with Crippen LogP contribution >= 0.6 is 12.2 Å². The third-order valence-electron chi connectivity index (χ3n) is 5.98. The molecule has 2 aliphatic heterocycles. The van der Waals surface area contributed by atoms with E-state index in [2.05, 4.69) is 29.7 Å². The van der Waals surface area contributed by atoms with Crippen molar-refractivity contribution in [2.45, 2.75) is 57.3 Å². The highest BCUT2D eigenvalue weighted by molar-refractivity contribution is 7.80. The average molecular weight is 385 g/mol. The summed E-state index contributed by atoms with van der Waals surface area (Å²) in [4.78, 5) is 1.66. The largest absolute Gasteiger partial charge is 0.359 e. The first kappa shape index (κ1) is 18.4. The first-order valence-electron chi connectivity index (χ1n) is 9.81. The summed E-state index contributed by atoms with van der Waals surface area (Å²) in [5, 5.41) is 7.57. The number of hydrogen-bond donors (Lipinski definition) is 3. The van der Waals surface area contributed by atoms with Gasteiger partial charge in [0.1, 0.15) is 12.4 Å². The van der Waals surface area contributed by atoms with Gasteiger partial charge in [0, 0.05) is 43.0 Å². The van der Waals surface area contributed by atoms with Crippen molar-refractivity contribution in [3.05, 3.63) is 65.5 Å². The number of thiocarbonyl (C=S) groups is 1. The van der Waals surface area contributed by atoms with E-state index in [1.54, 1.807) is 17.0 Å². The molecule has 2 aromatic carbocycles. The molecule has 27 heavy (non-hydrogen) atoms. The van der Waals surface area contributed by atoms with Crippen molar-refractivity contribution in [1.29, 1.82) is 0 Å². The number of benzene rings is 2. The second-order valence-electron chi connectivity index (χ2n) is 7.99. The molecular formula is C22H27FN3S+. The number of anilines is 1. The van der Waals surface area contributed by atoms with Gasteiger partial charge in [0.15, 0.2) is 5.11 Å². The van der Waals surface area contributed by atoms with Gasteiger partial charge in [0.05, 0.1) is 12.1 Å². The van der Waals surface area contributed by atoms with Crippen LogP contribution in [-0.2, 0) is 6.54 Å². The number of fused-ring (bicyclic) bond motifs is 2. The molecule has 2 aromatic rings. The highest BCUT2D eigenvalue weighted by Gasteiger charge is 2.44. The molecule has 0 spiro atoms. The van der Waals surface area contributed by atoms with Crippen LogP contribution in [-0.4, -0.2) is 23.2 Å². The molecule has 0 radical (unpaired) electrons. The maximum Gasteiger partial charge on any atom is 0.171 e. The molecular weight excluding hydrogens is 357 g/mol. The smallest absolute Gasteiger partial charge is 0.171 e. The van der Waals surface area contributed by atoms with Crippen LogP contribution < -0.4 is 15.5 Å². The minimum Gasteiger partial charge on any atom is -0.359 e. The summed E-state index contributed by atoms with van der Waals surface area (Å²) < 4.78 is 13.1. The first-order chi connectivity index (χ1) is 13.1. The third-order valence-corrected chi connectivity index (χ3v) is 6.20. The minimum atomic E-state index is -0.158. The molecule has 2 unspecified atom stereocenters. The maximum atomic E-state index is 13.1. The van der Waals surface area contributed by atoms with Crippen molar-refractivity contribution >= 4 is 23.0 Å². The van der Waals surface area contributed by atoms with Crippen molar-refractivity contribution in [2.24, 2.45) is 0 Å². The van der Waals surface area contributed by atoms with Crippen LogP contribution in [0.4, 0.5) is 10.1 Å². The van der Waals surface area contributed by atoms with Crippen LogP contribution in [0.15, 0.2) is 48.5 Å². The normalized spacial score (nSPS) is 26.6. The zero-order valence-corrected chi connectivity index (χ0v) is 16.5. The summed E-state index contributed by atoms with van der Waals surface area (Å²) in [6.45, 7) is 3.08. The van der Waals surface area contributed by atoms with Gasteiger partial charge in [-0.1, -0.05) is 24.3 Å². The molecule has 2 fully saturated rings. The van der Waals surface area contributed by atoms with E-state index < -0.39 is 0 Å². The third kappa shape index (κ3) is 4.47. The monoisotopic (exact) mass is 384 g/mol. The van der Waals surface area contributed by atoms with Crippen molar-refractivity contribution < 1.29 is 9.29 Å².